The molecule has 5 nitrogen and oxygen atoms in total. The average Bonchev–Trinajstić information content (AvgIpc) is 3.03. The van der Waals surface area contributed by atoms with E-state index >= 15 is 0 Å². The molecule has 0 saturated heterocycles. The minimum atomic E-state index is -0.209. The number of benzene rings is 1. The molecule has 2 amide bonds. The first-order valence-electron chi connectivity index (χ1n) is 8.58. The van der Waals surface area contributed by atoms with Gasteiger partial charge < -0.3 is 10.2 Å². The van der Waals surface area contributed by atoms with Crippen molar-refractivity contribution in [2.45, 2.75) is 33.6 Å². The van der Waals surface area contributed by atoms with Crippen LogP contribution in [0.5, 0.6) is 0 Å². The standard InChI is InChI=1S/C19H25N3O2S/c1-4-8-18(24)22(11-14(2)3)12-17(23)21-19-20-16(13-25-19)15-9-6-5-7-10-15/h5-7,9-10,13-14H,4,8,11-12H2,1-3H3,(H,20,21,23). The van der Waals surface area contributed by atoms with Gasteiger partial charge in [-0.15, -0.1) is 11.3 Å². The van der Waals surface area contributed by atoms with Gasteiger partial charge in [-0.3, -0.25) is 9.59 Å². The van der Waals surface area contributed by atoms with E-state index in [4.69, 9.17) is 0 Å². The Bertz CT molecular complexity index is 698. The number of carbonyl (C=O) groups is 2. The number of amides is 2. The molecule has 2 rings (SSSR count). The van der Waals surface area contributed by atoms with Crippen LogP contribution in [-0.2, 0) is 9.59 Å². The van der Waals surface area contributed by atoms with E-state index in [1.165, 1.54) is 11.3 Å². The van der Waals surface area contributed by atoms with Gasteiger partial charge in [0.2, 0.25) is 11.8 Å². The fourth-order valence-electron chi connectivity index (χ4n) is 2.47. The molecule has 1 N–H and O–H groups in total. The highest BCUT2D eigenvalue weighted by Crippen LogP contribution is 2.24. The Balaban J connectivity index is 1.98. The Labute approximate surface area is 153 Å². The van der Waals surface area contributed by atoms with Crippen LogP contribution in [0.4, 0.5) is 5.13 Å². The molecule has 0 bridgehead atoms. The highest BCUT2D eigenvalue weighted by atomic mass is 32.1. The van der Waals surface area contributed by atoms with E-state index < -0.39 is 0 Å². The van der Waals surface area contributed by atoms with Crippen LogP contribution in [0, 0.1) is 5.92 Å². The summed E-state index contributed by atoms with van der Waals surface area (Å²) in [5, 5.41) is 5.28. The van der Waals surface area contributed by atoms with Crippen LogP contribution in [0.2, 0.25) is 0 Å². The van der Waals surface area contributed by atoms with Crippen molar-refractivity contribution in [1.29, 1.82) is 0 Å². The molecule has 1 aromatic heterocycles. The largest absolute Gasteiger partial charge is 0.333 e. The molecule has 134 valence electrons. The summed E-state index contributed by atoms with van der Waals surface area (Å²) in [7, 11) is 0. The Hall–Kier alpha value is -2.21. The maximum Gasteiger partial charge on any atom is 0.245 e. The summed E-state index contributed by atoms with van der Waals surface area (Å²) in [6.07, 6.45) is 1.25. The molecular formula is C19H25N3O2S. The molecule has 0 aliphatic heterocycles. The molecular weight excluding hydrogens is 334 g/mol. The maximum absolute atomic E-state index is 12.3. The predicted octanol–water partition coefficient (Wildman–Crippen LogP) is 4.03. The third kappa shape index (κ3) is 5.98. The lowest BCUT2D eigenvalue weighted by Crippen LogP contribution is -2.40. The molecule has 0 unspecified atom stereocenters. The smallest absolute Gasteiger partial charge is 0.245 e. The van der Waals surface area contributed by atoms with Gasteiger partial charge in [0.05, 0.1) is 12.2 Å². The van der Waals surface area contributed by atoms with Gasteiger partial charge >= 0.3 is 0 Å². The van der Waals surface area contributed by atoms with E-state index in [9.17, 15) is 9.59 Å². The third-order valence-electron chi connectivity index (χ3n) is 3.56. The molecule has 1 heterocycles. The molecule has 2 aromatic rings. The number of nitrogens with zero attached hydrogens (tertiary/aromatic N) is 2. The third-order valence-corrected chi connectivity index (χ3v) is 4.31. The van der Waals surface area contributed by atoms with Gasteiger partial charge in [0.25, 0.3) is 0 Å². The Morgan fingerprint density at radius 1 is 1.24 bits per heavy atom. The highest BCUT2D eigenvalue weighted by molar-refractivity contribution is 7.14. The van der Waals surface area contributed by atoms with Crippen molar-refractivity contribution in [3.8, 4) is 11.3 Å². The molecule has 0 atom stereocenters. The number of rotatable bonds is 8. The van der Waals surface area contributed by atoms with E-state index in [1.807, 2.05) is 56.5 Å². The van der Waals surface area contributed by atoms with Crippen molar-refractivity contribution < 1.29 is 9.59 Å². The summed E-state index contributed by atoms with van der Waals surface area (Å²) in [6, 6.07) is 9.82. The summed E-state index contributed by atoms with van der Waals surface area (Å²) in [6.45, 7) is 6.69. The van der Waals surface area contributed by atoms with Crippen molar-refractivity contribution in [2.24, 2.45) is 5.92 Å². The summed E-state index contributed by atoms with van der Waals surface area (Å²) < 4.78 is 0. The van der Waals surface area contributed by atoms with Crippen LogP contribution in [0.25, 0.3) is 11.3 Å². The second kappa shape index (κ2) is 9.32. The summed E-state index contributed by atoms with van der Waals surface area (Å²) in [5.41, 5.74) is 1.85. The molecule has 25 heavy (non-hydrogen) atoms. The highest BCUT2D eigenvalue weighted by Gasteiger charge is 2.18. The number of hydrogen-bond donors (Lipinski definition) is 1. The molecule has 0 fully saturated rings. The van der Waals surface area contributed by atoms with Crippen LogP contribution < -0.4 is 5.32 Å². The van der Waals surface area contributed by atoms with E-state index in [2.05, 4.69) is 10.3 Å². The van der Waals surface area contributed by atoms with Crippen molar-refractivity contribution in [3.63, 3.8) is 0 Å². The van der Waals surface area contributed by atoms with E-state index in [0.717, 1.165) is 17.7 Å². The van der Waals surface area contributed by atoms with Gasteiger partial charge in [0, 0.05) is 23.9 Å². The number of hydrogen-bond acceptors (Lipinski definition) is 4. The first kappa shape index (κ1) is 19.1. The fourth-order valence-corrected chi connectivity index (χ4v) is 3.21. The minimum Gasteiger partial charge on any atom is -0.333 e. The van der Waals surface area contributed by atoms with Gasteiger partial charge in [0.1, 0.15) is 0 Å². The number of aromatic nitrogens is 1. The second-order valence-corrected chi connectivity index (χ2v) is 7.23. The zero-order chi connectivity index (χ0) is 18.2. The Morgan fingerprint density at radius 2 is 1.96 bits per heavy atom. The molecule has 0 spiro atoms. The monoisotopic (exact) mass is 359 g/mol. The van der Waals surface area contributed by atoms with Gasteiger partial charge in [-0.2, -0.15) is 0 Å². The average molecular weight is 359 g/mol. The van der Waals surface area contributed by atoms with Crippen LogP contribution in [0.15, 0.2) is 35.7 Å². The van der Waals surface area contributed by atoms with Crippen molar-refractivity contribution in [3.05, 3.63) is 35.7 Å². The fraction of sp³-hybridized carbons (Fsp3) is 0.421. The van der Waals surface area contributed by atoms with Crippen LogP contribution in [-0.4, -0.2) is 34.8 Å². The Kier molecular flexibility index (Phi) is 7.13. The van der Waals surface area contributed by atoms with Crippen molar-refractivity contribution >= 4 is 28.3 Å². The van der Waals surface area contributed by atoms with Gasteiger partial charge in [0.15, 0.2) is 5.13 Å². The van der Waals surface area contributed by atoms with Crippen molar-refractivity contribution in [1.82, 2.24) is 9.88 Å². The topological polar surface area (TPSA) is 62.3 Å². The lowest BCUT2D eigenvalue weighted by atomic mass is 10.2. The van der Waals surface area contributed by atoms with Crippen molar-refractivity contribution in [2.75, 3.05) is 18.4 Å². The SMILES string of the molecule is CCCC(=O)N(CC(=O)Nc1nc(-c2ccccc2)cs1)CC(C)C. The lowest BCUT2D eigenvalue weighted by Gasteiger charge is -2.23. The number of anilines is 1. The van der Waals surface area contributed by atoms with E-state index in [1.54, 1.807) is 4.90 Å². The summed E-state index contributed by atoms with van der Waals surface area (Å²) >= 11 is 1.39. The van der Waals surface area contributed by atoms with Crippen LogP contribution in [0.3, 0.4) is 0 Å². The van der Waals surface area contributed by atoms with Gasteiger partial charge in [-0.25, -0.2) is 4.98 Å². The van der Waals surface area contributed by atoms with Crippen LogP contribution >= 0.6 is 11.3 Å². The molecule has 6 heteroatoms. The number of nitrogens with one attached hydrogen (secondary N) is 1. The van der Waals surface area contributed by atoms with Crippen LogP contribution in [0.1, 0.15) is 33.6 Å². The molecule has 1 aromatic carbocycles. The second-order valence-electron chi connectivity index (χ2n) is 6.37. The number of thiazole rings is 1. The first-order valence-corrected chi connectivity index (χ1v) is 9.46. The van der Waals surface area contributed by atoms with E-state index in [-0.39, 0.29) is 18.4 Å². The molecule has 0 saturated carbocycles. The normalized spacial score (nSPS) is 10.7. The quantitative estimate of drug-likeness (QED) is 0.774. The summed E-state index contributed by atoms with van der Waals surface area (Å²) in [4.78, 5) is 30.6. The number of carbonyl (C=O) groups excluding carboxylic acids is 2. The molecule has 0 radical (unpaired) electrons. The van der Waals surface area contributed by atoms with Gasteiger partial charge in [-0.05, 0) is 12.3 Å². The lowest BCUT2D eigenvalue weighted by molar-refractivity contribution is -0.135. The maximum atomic E-state index is 12.3. The predicted molar refractivity (Wildman–Crippen MR) is 103 cm³/mol. The molecule has 0 aliphatic carbocycles. The van der Waals surface area contributed by atoms with Gasteiger partial charge in [-0.1, -0.05) is 51.1 Å². The zero-order valence-electron chi connectivity index (χ0n) is 15.0. The first-order chi connectivity index (χ1) is 12.0. The van der Waals surface area contributed by atoms with E-state index in [0.29, 0.717) is 24.0 Å². The minimum absolute atomic E-state index is 0.0236. The zero-order valence-corrected chi connectivity index (χ0v) is 15.8. The summed E-state index contributed by atoms with van der Waals surface area (Å²) in [5.74, 6) is 0.132. The Morgan fingerprint density at radius 3 is 2.60 bits per heavy atom. The molecule has 0 aliphatic rings.